The second-order valence-corrected chi connectivity index (χ2v) is 10.7. The first-order valence-corrected chi connectivity index (χ1v) is 13.8. The van der Waals surface area contributed by atoms with Crippen LogP contribution in [-0.4, -0.2) is 212 Å². The highest BCUT2D eigenvalue weighted by molar-refractivity contribution is 5.69. The summed E-state index contributed by atoms with van der Waals surface area (Å²) in [6.45, 7) is 3.54. The molecule has 1 fully saturated rings. The lowest BCUT2D eigenvalue weighted by Crippen LogP contribution is -2.51. The first-order valence-electron chi connectivity index (χ1n) is 13.8. The van der Waals surface area contributed by atoms with Gasteiger partial charge in [0.2, 0.25) is 0 Å². The first-order chi connectivity index (χ1) is 19.2. The number of aliphatic hydroxyl groups is 5. The Hall–Kier alpha value is -1.99. The van der Waals surface area contributed by atoms with Crippen molar-refractivity contribution in [2.75, 3.05) is 98.7 Å². The fourth-order valence-electron chi connectivity index (χ4n) is 4.72. The number of β-amino-alcohol motifs (C(OH)–C–C–N with tert-alkyl or cyclic N) is 1. The molecule has 0 aromatic rings. The lowest BCUT2D eigenvalue weighted by Gasteiger charge is -2.34. The maximum Gasteiger partial charge on any atom is 0.317 e. The summed E-state index contributed by atoms with van der Waals surface area (Å²) in [5, 5.41) is 78.8. The van der Waals surface area contributed by atoms with Crippen LogP contribution in [-0.2, 0) is 14.4 Å². The monoisotopic (exact) mass is 595 g/mol. The molecule has 0 aromatic carbocycles. The van der Waals surface area contributed by atoms with Crippen molar-refractivity contribution in [2.24, 2.45) is 0 Å². The lowest BCUT2D eigenvalue weighted by molar-refractivity contribution is -0.140. The molecule has 1 saturated heterocycles. The van der Waals surface area contributed by atoms with Gasteiger partial charge in [0, 0.05) is 72.0 Å². The van der Waals surface area contributed by atoms with Crippen molar-refractivity contribution in [3.8, 4) is 0 Å². The molecule has 5 unspecified atom stereocenters. The average Bonchev–Trinajstić information content (AvgIpc) is 2.87. The van der Waals surface area contributed by atoms with Gasteiger partial charge in [0.1, 0.15) is 12.2 Å². The van der Waals surface area contributed by atoms with Gasteiger partial charge in [-0.1, -0.05) is 6.92 Å². The Labute approximate surface area is 240 Å². The minimum absolute atomic E-state index is 0.0860. The molecule has 8 N–H and O–H groups in total. The Bertz CT molecular complexity index is 763. The van der Waals surface area contributed by atoms with Crippen molar-refractivity contribution in [3.05, 3.63) is 0 Å². The van der Waals surface area contributed by atoms with Gasteiger partial charge in [-0.2, -0.15) is 0 Å². The van der Waals surface area contributed by atoms with Crippen LogP contribution in [0.25, 0.3) is 0 Å². The molecule has 41 heavy (non-hydrogen) atoms. The minimum Gasteiger partial charge on any atom is -0.480 e. The van der Waals surface area contributed by atoms with Gasteiger partial charge in [-0.25, -0.2) is 0 Å². The third kappa shape index (κ3) is 15.7. The zero-order valence-electron chi connectivity index (χ0n) is 24.0. The topological polar surface area (TPSA) is 229 Å². The third-order valence-corrected chi connectivity index (χ3v) is 7.05. The number of hydrogen-bond donors (Lipinski definition) is 8. The van der Waals surface area contributed by atoms with Crippen LogP contribution in [0.15, 0.2) is 0 Å². The number of aliphatic hydroxyl groups excluding tert-OH is 5. The molecule has 0 aliphatic carbocycles. The van der Waals surface area contributed by atoms with Crippen molar-refractivity contribution in [2.45, 2.75) is 43.9 Å². The molecule has 5 atom stereocenters. The molecule has 0 amide bonds. The van der Waals surface area contributed by atoms with E-state index < -0.39 is 48.4 Å². The Kier molecular flexibility index (Phi) is 17.4. The van der Waals surface area contributed by atoms with Gasteiger partial charge in [0.25, 0.3) is 0 Å². The molecule has 0 spiro atoms. The standard InChI is InChI=1S/C25H49N5O11/c1-3-19(32)24(40)25(41)20(33)14-26(2)12-18(31)13-27-4-6-28(15-21(34)35)8-10-30(17-23(38)39)11-9-29(7-5-27)16-22(36)37/h18-20,24-25,31-33,40-41H,3-17H2,1-2H3,(H,34,35)(H,36,37)(H,38,39). The summed E-state index contributed by atoms with van der Waals surface area (Å²) in [5.74, 6) is -3.09. The SMILES string of the molecule is CCC(O)C(O)C(O)C(O)CN(C)CC(O)CN1CCN(CC(=O)O)CCN(CC(=O)O)CCN(CC(=O)O)CC1. The quantitative estimate of drug-likeness (QED) is 0.0842. The lowest BCUT2D eigenvalue weighted by atomic mass is 10.0. The van der Waals surface area contributed by atoms with E-state index in [2.05, 4.69) is 0 Å². The Morgan fingerprint density at radius 2 is 0.951 bits per heavy atom. The smallest absolute Gasteiger partial charge is 0.317 e. The van der Waals surface area contributed by atoms with Gasteiger partial charge < -0.3 is 45.8 Å². The van der Waals surface area contributed by atoms with E-state index in [1.807, 2.05) is 4.90 Å². The molecule has 16 heteroatoms. The maximum absolute atomic E-state index is 11.4. The van der Waals surface area contributed by atoms with E-state index in [9.17, 15) is 55.2 Å². The molecule has 1 aliphatic rings. The van der Waals surface area contributed by atoms with Gasteiger partial charge in [-0.05, 0) is 13.5 Å². The summed E-state index contributed by atoms with van der Waals surface area (Å²) in [7, 11) is 1.62. The van der Waals surface area contributed by atoms with Gasteiger partial charge in [0.05, 0.1) is 37.9 Å². The molecular weight excluding hydrogens is 546 g/mol. The number of hydrogen-bond acceptors (Lipinski definition) is 13. The molecule has 0 aromatic heterocycles. The zero-order chi connectivity index (χ0) is 31.1. The van der Waals surface area contributed by atoms with E-state index in [1.165, 1.54) is 0 Å². The van der Waals surface area contributed by atoms with Crippen LogP contribution in [0, 0.1) is 0 Å². The molecule has 240 valence electrons. The molecule has 16 nitrogen and oxygen atoms in total. The summed E-state index contributed by atoms with van der Waals surface area (Å²) in [6.07, 6.45) is -6.38. The van der Waals surface area contributed by atoms with Crippen molar-refractivity contribution in [1.29, 1.82) is 0 Å². The van der Waals surface area contributed by atoms with E-state index in [1.54, 1.807) is 33.6 Å². The van der Waals surface area contributed by atoms with E-state index in [0.29, 0.717) is 26.2 Å². The van der Waals surface area contributed by atoms with Gasteiger partial charge >= 0.3 is 17.9 Å². The number of carboxylic acid groups (broad SMARTS) is 3. The predicted molar refractivity (Wildman–Crippen MR) is 146 cm³/mol. The Morgan fingerprint density at radius 1 is 0.610 bits per heavy atom. The normalized spacial score (nSPS) is 21.4. The summed E-state index contributed by atoms with van der Waals surface area (Å²) in [4.78, 5) is 42.6. The van der Waals surface area contributed by atoms with Gasteiger partial charge in [-0.3, -0.25) is 34.0 Å². The largest absolute Gasteiger partial charge is 0.480 e. The second kappa shape index (κ2) is 19.2. The summed E-state index contributed by atoms with van der Waals surface area (Å²) >= 11 is 0. The minimum atomic E-state index is -1.58. The van der Waals surface area contributed by atoms with Crippen molar-refractivity contribution in [3.63, 3.8) is 0 Å². The van der Waals surface area contributed by atoms with Crippen LogP contribution in [0.1, 0.15) is 13.3 Å². The van der Waals surface area contributed by atoms with Gasteiger partial charge in [0.15, 0.2) is 0 Å². The third-order valence-electron chi connectivity index (χ3n) is 7.05. The fourth-order valence-corrected chi connectivity index (χ4v) is 4.72. The molecule has 1 rings (SSSR count). The van der Waals surface area contributed by atoms with Crippen molar-refractivity contribution in [1.82, 2.24) is 24.5 Å². The van der Waals surface area contributed by atoms with Crippen LogP contribution < -0.4 is 0 Å². The molecule has 0 bridgehead atoms. The van der Waals surface area contributed by atoms with E-state index in [0.717, 1.165) is 0 Å². The number of carboxylic acids is 3. The van der Waals surface area contributed by atoms with Crippen LogP contribution in [0.5, 0.6) is 0 Å². The van der Waals surface area contributed by atoms with Crippen LogP contribution in [0.3, 0.4) is 0 Å². The van der Waals surface area contributed by atoms with Crippen molar-refractivity contribution >= 4 is 17.9 Å². The highest BCUT2D eigenvalue weighted by Gasteiger charge is 2.30. The van der Waals surface area contributed by atoms with E-state index >= 15 is 0 Å². The maximum atomic E-state index is 11.4. The van der Waals surface area contributed by atoms with Crippen molar-refractivity contribution < 1.29 is 55.2 Å². The highest BCUT2D eigenvalue weighted by Crippen LogP contribution is 2.09. The first kappa shape index (κ1) is 37.0. The number of likely N-dealkylation sites (N-methyl/N-ethyl adjacent to an activating group) is 1. The molecule has 0 radical (unpaired) electrons. The number of rotatable bonds is 16. The Morgan fingerprint density at radius 3 is 1.29 bits per heavy atom. The highest BCUT2D eigenvalue weighted by atomic mass is 16.4. The molecule has 1 heterocycles. The predicted octanol–water partition coefficient (Wildman–Crippen LogP) is -4.39. The number of aliphatic carboxylic acids is 3. The number of carbonyl (C=O) groups is 3. The van der Waals surface area contributed by atoms with Gasteiger partial charge in [-0.15, -0.1) is 0 Å². The molecule has 0 saturated carbocycles. The Balaban J connectivity index is 2.88. The summed E-state index contributed by atoms with van der Waals surface area (Å²) in [5.41, 5.74) is 0. The van der Waals surface area contributed by atoms with Crippen LogP contribution in [0.4, 0.5) is 0 Å². The van der Waals surface area contributed by atoms with Crippen LogP contribution >= 0.6 is 0 Å². The van der Waals surface area contributed by atoms with Crippen LogP contribution in [0.2, 0.25) is 0 Å². The molecule has 1 aliphatic heterocycles. The zero-order valence-corrected chi connectivity index (χ0v) is 24.0. The second-order valence-electron chi connectivity index (χ2n) is 10.7. The average molecular weight is 596 g/mol. The van der Waals surface area contributed by atoms with E-state index in [-0.39, 0.29) is 71.9 Å². The van der Waals surface area contributed by atoms with E-state index in [4.69, 9.17) is 0 Å². The fraction of sp³-hybridized carbons (Fsp3) is 0.880. The summed E-state index contributed by atoms with van der Waals surface area (Å²) < 4.78 is 0. The summed E-state index contributed by atoms with van der Waals surface area (Å²) in [6, 6.07) is 0. The number of nitrogens with zero attached hydrogens (tertiary/aromatic N) is 5. The molecular formula is C25H49N5O11.